The summed E-state index contributed by atoms with van der Waals surface area (Å²) in [6.45, 7) is 0. The first-order chi connectivity index (χ1) is 8.19. The number of benzene rings is 2. The largest absolute Gasteiger partial charge is 0.397 e. The summed E-state index contributed by atoms with van der Waals surface area (Å²) in [6, 6.07) is 14.7. The van der Waals surface area contributed by atoms with Gasteiger partial charge in [0.25, 0.3) is 0 Å². The number of nitriles is 1. The summed E-state index contributed by atoms with van der Waals surface area (Å²) in [5, 5.41) is 12.0. The molecule has 0 aliphatic carbocycles. The number of nitrogens with one attached hydrogen (secondary N) is 1. The Kier molecular flexibility index (Phi) is 2.84. The Morgan fingerprint density at radius 3 is 2.41 bits per heavy atom. The number of hydrogen-bond donors (Lipinski definition) is 3. The predicted octanol–water partition coefficient (Wildman–Crippen LogP) is 2.47. The quantitative estimate of drug-likeness (QED) is 0.684. The minimum atomic E-state index is 0.534. The first-order valence-electron chi connectivity index (χ1n) is 5.11. The second-order valence-corrected chi connectivity index (χ2v) is 3.66. The Balaban J connectivity index is 2.25. The van der Waals surface area contributed by atoms with Crippen LogP contribution in [0.25, 0.3) is 0 Å². The Hall–Kier alpha value is -2.67. The van der Waals surface area contributed by atoms with Crippen LogP contribution >= 0.6 is 0 Å². The number of rotatable bonds is 2. The number of anilines is 4. The van der Waals surface area contributed by atoms with E-state index in [-0.39, 0.29) is 0 Å². The fourth-order valence-corrected chi connectivity index (χ4v) is 1.49. The van der Waals surface area contributed by atoms with E-state index in [1.165, 1.54) is 0 Å². The average Bonchev–Trinajstić information content (AvgIpc) is 2.34. The molecule has 0 aliphatic rings. The number of nitrogens with two attached hydrogens (primary N) is 2. The lowest BCUT2D eigenvalue weighted by molar-refractivity contribution is 1.47. The summed E-state index contributed by atoms with van der Waals surface area (Å²) in [5.41, 5.74) is 14.7. The summed E-state index contributed by atoms with van der Waals surface area (Å²) < 4.78 is 0. The Bertz CT molecular complexity index is 584. The third-order valence-electron chi connectivity index (χ3n) is 2.37. The third kappa shape index (κ3) is 2.47. The van der Waals surface area contributed by atoms with Gasteiger partial charge < -0.3 is 16.8 Å². The molecule has 84 valence electrons. The molecule has 0 fully saturated rings. The standard InChI is InChI=1S/C13H12N4/c14-8-9-2-1-3-10(6-9)17-11-4-5-12(15)13(16)7-11/h1-7,17H,15-16H2. The molecule has 2 aromatic rings. The maximum Gasteiger partial charge on any atom is 0.0992 e. The molecule has 2 rings (SSSR count). The SMILES string of the molecule is N#Cc1cccc(Nc2ccc(N)c(N)c2)c1. The van der Waals surface area contributed by atoms with Crippen LogP contribution in [0.4, 0.5) is 22.7 Å². The van der Waals surface area contributed by atoms with E-state index in [2.05, 4.69) is 11.4 Å². The maximum absolute atomic E-state index is 8.79. The first-order valence-corrected chi connectivity index (χ1v) is 5.11. The highest BCUT2D eigenvalue weighted by atomic mass is 14.9. The molecule has 0 aromatic heterocycles. The van der Waals surface area contributed by atoms with Crippen LogP contribution in [-0.2, 0) is 0 Å². The molecular weight excluding hydrogens is 212 g/mol. The van der Waals surface area contributed by atoms with Crippen LogP contribution in [0.1, 0.15) is 5.56 Å². The van der Waals surface area contributed by atoms with E-state index in [0.29, 0.717) is 16.9 Å². The molecule has 2 aromatic carbocycles. The van der Waals surface area contributed by atoms with E-state index >= 15 is 0 Å². The number of nitrogen functional groups attached to an aromatic ring is 2. The minimum absolute atomic E-state index is 0.534. The zero-order chi connectivity index (χ0) is 12.3. The van der Waals surface area contributed by atoms with E-state index in [1.54, 1.807) is 24.3 Å². The van der Waals surface area contributed by atoms with Crippen molar-refractivity contribution in [3.05, 3.63) is 48.0 Å². The van der Waals surface area contributed by atoms with Crippen molar-refractivity contribution >= 4 is 22.7 Å². The van der Waals surface area contributed by atoms with Crippen molar-refractivity contribution in [2.75, 3.05) is 16.8 Å². The van der Waals surface area contributed by atoms with Crippen LogP contribution in [0.2, 0.25) is 0 Å². The molecule has 4 nitrogen and oxygen atoms in total. The second kappa shape index (κ2) is 4.45. The number of nitrogens with zero attached hydrogens (tertiary/aromatic N) is 1. The summed E-state index contributed by atoms with van der Waals surface area (Å²) in [5.74, 6) is 0. The lowest BCUT2D eigenvalue weighted by atomic mass is 10.2. The van der Waals surface area contributed by atoms with E-state index < -0.39 is 0 Å². The highest BCUT2D eigenvalue weighted by molar-refractivity contribution is 5.72. The summed E-state index contributed by atoms with van der Waals surface area (Å²) >= 11 is 0. The van der Waals surface area contributed by atoms with Crippen LogP contribution < -0.4 is 16.8 Å². The summed E-state index contributed by atoms with van der Waals surface area (Å²) in [7, 11) is 0. The molecular formula is C13H12N4. The lowest BCUT2D eigenvalue weighted by Crippen LogP contribution is -1.96. The van der Waals surface area contributed by atoms with Crippen molar-refractivity contribution in [3.63, 3.8) is 0 Å². The lowest BCUT2D eigenvalue weighted by Gasteiger charge is -2.08. The molecule has 0 atom stereocenters. The molecule has 0 unspecified atom stereocenters. The smallest absolute Gasteiger partial charge is 0.0992 e. The van der Waals surface area contributed by atoms with Gasteiger partial charge in [-0.2, -0.15) is 5.26 Å². The van der Waals surface area contributed by atoms with E-state index in [0.717, 1.165) is 11.4 Å². The Labute approximate surface area is 99.5 Å². The third-order valence-corrected chi connectivity index (χ3v) is 2.37. The zero-order valence-corrected chi connectivity index (χ0v) is 9.14. The highest BCUT2D eigenvalue weighted by Crippen LogP contribution is 2.23. The molecule has 5 N–H and O–H groups in total. The van der Waals surface area contributed by atoms with Crippen LogP contribution in [0.5, 0.6) is 0 Å². The molecule has 0 aliphatic heterocycles. The normalized spacial score (nSPS) is 9.59. The van der Waals surface area contributed by atoms with Crippen LogP contribution in [0, 0.1) is 11.3 Å². The zero-order valence-electron chi connectivity index (χ0n) is 9.14. The van der Waals surface area contributed by atoms with Gasteiger partial charge in [0.05, 0.1) is 23.0 Å². The number of hydrogen-bond acceptors (Lipinski definition) is 4. The second-order valence-electron chi connectivity index (χ2n) is 3.66. The van der Waals surface area contributed by atoms with Gasteiger partial charge in [-0.05, 0) is 36.4 Å². The van der Waals surface area contributed by atoms with Gasteiger partial charge in [0.1, 0.15) is 0 Å². The maximum atomic E-state index is 8.79. The Morgan fingerprint density at radius 1 is 0.941 bits per heavy atom. The molecule has 0 saturated heterocycles. The fourth-order valence-electron chi connectivity index (χ4n) is 1.49. The van der Waals surface area contributed by atoms with Gasteiger partial charge in [-0.15, -0.1) is 0 Å². The molecule has 17 heavy (non-hydrogen) atoms. The van der Waals surface area contributed by atoms with Crippen LogP contribution in [-0.4, -0.2) is 0 Å². The van der Waals surface area contributed by atoms with Crippen molar-refractivity contribution in [2.24, 2.45) is 0 Å². The molecule has 0 amide bonds. The topological polar surface area (TPSA) is 87.9 Å². The van der Waals surface area contributed by atoms with Crippen molar-refractivity contribution in [1.29, 1.82) is 5.26 Å². The van der Waals surface area contributed by atoms with E-state index in [4.69, 9.17) is 16.7 Å². The highest BCUT2D eigenvalue weighted by Gasteiger charge is 1.99. The van der Waals surface area contributed by atoms with E-state index in [9.17, 15) is 0 Å². The predicted molar refractivity (Wildman–Crippen MR) is 69.7 cm³/mol. The average molecular weight is 224 g/mol. The summed E-state index contributed by atoms with van der Waals surface area (Å²) in [4.78, 5) is 0. The molecule has 0 saturated carbocycles. The van der Waals surface area contributed by atoms with Gasteiger partial charge in [-0.25, -0.2) is 0 Å². The molecule has 0 spiro atoms. The van der Waals surface area contributed by atoms with Crippen molar-refractivity contribution in [3.8, 4) is 6.07 Å². The molecule has 0 heterocycles. The van der Waals surface area contributed by atoms with Gasteiger partial charge >= 0.3 is 0 Å². The van der Waals surface area contributed by atoms with Gasteiger partial charge in [0.2, 0.25) is 0 Å². The van der Waals surface area contributed by atoms with Gasteiger partial charge in [0.15, 0.2) is 0 Å². The monoisotopic (exact) mass is 224 g/mol. The minimum Gasteiger partial charge on any atom is -0.397 e. The molecule has 0 radical (unpaired) electrons. The van der Waals surface area contributed by atoms with Gasteiger partial charge in [-0.1, -0.05) is 6.07 Å². The molecule has 4 heteroatoms. The van der Waals surface area contributed by atoms with E-state index in [1.807, 2.05) is 18.2 Å². The van der Waals surface area contributed by atoms with Crippen molar-refractivity contribution in [2.45, 2.75) is 0 Å². The fraction of sp³-hybridized carbons (Fsp3) is 0. The molecule has 0 bridgehead atoms. The van der Waals surface area contributed by atoms with Crippen molar-refractivity contribution in [1.82, 2.24) is 0 Å². The van der Waals surface area contributed by atoms with Crippen LogP contribution in [0.15, 0.2) is 42.5 Å². The van der Waals surface area contributed by atoms with Gasteiger partial charge in [-0.3, -0.25) is 0 Å². The van der Waals surface area contributed by atoms with Crippen molar-refractivity contribution < 1.29 is 0 Å². The van der Waals surface area contributed by atoms with Gasteiger partial charge in [0, 0.05) is 11.4 Å². The van der Waals surface area contributed by atoms with Crippen LogP contribution in [0.3, 0.4) is 0 Å². The first kappa shape index (κ1) is 10.8. The Morgan fingerprint density at radius 2 is 1.71 bits per heavy atom. The summed E-state index contributed by atoms with van der Waals surface area (Å²) in [6.07, 6.45) is 0.